The largest absolute Gasteiger partial charge is 0.130 e. The van der Waals surface area contributed by atoms with E-state index in [2.05, 4.69) is 45.5 Å². The van der Waals surface area contributed by atoms with Gasteiger partial charge in [-0.05, 0) is 41.3 Å². The van der Waals surface area contributed by atoms with E-state index in [1.54, 1.807) is 4.91 Å². The minimum Gasteiger partial charge on any atom is -0.130 e. The molecule has 0 N–H and O–H groups in total. The molecule has 2 bridgehead atoms. The van der Waals surface area contributed by atoms with Crippen molar-refractivity contribution in [2.75, 3.05) is 5.75 Å². The number of fused-ring (bicyclic) bond motifs is 2. The van der Waals surface area contributed by atoms with Gasteiger partial charge in [-0.15, -0.1) is 11.8 Å². The molecule has 0 aliphatic heterocycles. The number of hydrogen-bond acceptors (Lipinski definition) is 1. The Hall–Kier alpha value is 0.0900. The van der Waals surface area contributed by atoms with E-state index < -0.39 is 0 Å². The zero-order chi connectivity index (χ0) is 11.1. The third-order valence-electron chi connectivity index (χ3n) is 4.96. The van der Waals surface area contributed by atoms with Gasteiger partial charge in [-0.1, -0.05) is 40.2 Å². The molecule has 0 saturated heterocycles. The second-order valence-corrected chi connectivity index (χ2v) is 7.07. The molecular weight excluding hydrogens is 200 g/mol. The van der Waals surface area contributed by atoms with Crippen molar-refractivity contribution in [3.8, 4) is 0 Å². The Kier molecular flexibility index (Phi) is 2.96. The summed E-state index contributed by atoms with van der Waals surface area (Å²) >= 11 is 2.13. The molecule has 0 nitrogen and oxygen atoms in total. The van der Waals surface area contributed by atoms with E-state index in [9.17, 15) is 0 Å². The fraction of sp³-hybridized carbons (Fsp3) is 0.857. The summed E-state index contributed by atoms with van der Waals surface area (Å²) in [6.07, 6.45) is 8.10. The molecule has 0 aromatic carbocycles. The van der Waals surface area contributed by atoms with Crippen molar-refractivity contribution in [2.24, 2.45) is 16.7 Å². The highest BCUT2D eigenvalue weighted by atomic mass is 32.2. The Morgan fingerprint density at radius 3 is 2.60 bits per heavy atom. The van der Waals surface area contributed by atoms with Crippen LogP contribution in [0.5, 0.6) is 0 Å². The van der Waals surface area contributed by atoms with Gasteiger partial charge in [0.2, 0.25) is 0 Å². The molecule has 2 rings (SSSR count). The number of hydrogen-bond donors (Lipinski definition) is 0. The zero-order valence-corrected chi connectivity index (χ0v) is 11.4. The van der Waals surface area contributed by atoms with E-state index in [4.69, 9.17) is 0 Å². The average Bonchev–Trinajstić information content (AvgIpc) is 2.51. The van der Waals surface area contributed by atoms with Crippen molar-refractivity contribution in [1.82, 2.24) is 0 Å². The van der Waals surface area contributed by atoms with E-state index in [1.807, 2.05) is 0 Å². The molecule has 1 unspecified atom stereocenters. The smallest absolute Gasteiger partial charge is 0.00384 e. The summed E-state index contributed by atoms with van der Waals surface area (Å²) in [5.41, 5.74) is 1.01. The maximum absolute atomic E-state index is 2.59. The lowest BCUT2D eigenvalue weighted by molar-refractivity contribution is 0.179. The van der Waals surface area contributed by atoms with Gasteiger partial charge in [0.25, 0.3) is 0 Å². The molecule has 1 saturated carbocycles. The monoisotopic (exact) mass is 224 g/mol. The van der Waals surface area contributed by atoms with Crippen LogP contribution in [0.2, 0.25) is 0 Å². The van der Waals surface area contributed by atoms with Crippen LogP contribution in [-0.4, -0.2) is 5.75 Å². The van der Waals surface area contributed by atoms with Gasteiger partial charge in [-0.3, -0.25) is 0 Å². The summed E-state index contributed by atoms with van der Waals surface area (Å²) in [6.45, 7) is 9.70. The molecule has 86 valence electrons. The Balaban J connectivity index is 2.06. The molecule has 0 heterocycles. The van der Waals surface area contributed by atoms with Crippen LogP contribution in [0.3, 0.4) is 0 Å². The van der Waals surface area contributed by atoms with Crippen LogP contribution in [-0.2, 0) is 0 Å². The molecule has 0 spiro atoms. The lowest BCUT2D eigenvalue weighted by atomic mass is 9.70. The predicted octanol–water partition coefficient (Wildman–Crippen LogP) is 4.86. The van der Waals surface area contributed by atoms with Gasteiger partial charge >= 0.3 is 0 Å². The first-order valence-electron chi connectivity index (χ1n) is 6.37. The lowest BCUT2D eigenvalue weighted by Crippen LogP contribution is -2.29. The van der Waals surface area contributed by atoms with Gasteiger partial charge in [-0.2, -0.15) is 0 Å². The van der Waals surface area contributed by atoms with Gasteiger partial charge in [-0.25, -0.2) is 0 Å². The summed E-state index contributed by atoms with van der Waals surface area (Å²) in [5.74, 6) is 2.17. The zero-order valence-electron chi connectivity index (χ0n) is 10.6. The van der Waals surface area contributed by atoms with E-state index in [-0.39, 0.29) is 0 Å². The standard InChI is InChI=1S/C14H24S/c1-5-6-9-15-12-10-11-7-8-14(12,4)13(11,2)3/h10-11H,5-9H2,1-4H3/t11?,14-/m0/s1. The quantitative estimate of drug-likeness (QED) is 0.615. The number of unbranched alkanes of at least 4 members (excludes halogenated alkanes) is 1. The van der Waals surface area contributed by atoms with Crippen LogP contribution in [0.25, 0.3) is 0 Å². The fourth-order valence-electron chi connectivity index (χ4n) is 3.17. The van der Waals surface area contributed by atoms with Crippen LogP contribution in [0.15, 0.2) is 11.0 Å². The minimum absolute atomic E-state index is 0.496. The van der Waals surface area contributed by atoms with Crippen LogP contribution in [0, 0.1) is 16.7 Å². The average molecular weight is 224 g/mol. The highest BCUT2D eigenvalue weighted by Crippen LogP contribution is 2.67. The molecule has 2 aliphatic carbocycles. The topological polar surface area (TPSA) is 0 Å². The Labute approximate surface area is 98.9 Å². The summed E-state index contributed by atoms with van der Waals surface area (Å²) in [5, 5.41) is 0. The van der Waals surface area contributed by atoms with Gasteiger partial charge in [0.15, 0.2) is 0 Å². The molecule has 0 aromatic heterocycles. The van der Waals surface area contributed by atoms with Gasteiger partial charge in [0.05, 0.1) is 0 Å². The van der Waals surface area contributed by atoms with E-state index in [1.165, 1.54) is 31.4 Å². The highest BCUT2D eigenvalue weighted by molar-refractivity contribution is 8.03. The van der Waals surface area contributed by atoms with Gasteiger partial charge in [0.1, 0.15) is 0 Å². The fourth-order valence-corrected chi connectivity index (χ4v) is 4.77. The Morgan fingerprint density at radius 1 is 1.40 bits per heavy atom. The molecule has 0 amide bonds. The summed E-state index contributed by atoms with van der Waals surface area (Å²) in [6, 6.07) is 0. The number of rotatable bonds is 4. The Bertz CT molecular complexity index is 277. The Morgan fingerprint density at radius 2 is 2.13 bits per heavy atom. The van der Waals surface area contributed by atoms with E-state index in [0.717, 1.165) is 5.92 Å². The van der Waals surface area contributed by atoms with Crippen molar-refractivity contribution >= 4 is 11.8 Å². The third-order valence-corrected chi connectivity index (χ3v) is 6.35. The molecule has 1 fully saturated rings. The van der Waals surface area contributed by atoms with Crippen molar-refractivity contribution < 1.29 is 0 Å². The van der Waals surface area contributed by atoms with Crippen LogP contribution < -0.4 is 0 Å². The first-order valence-corrected chi connectivity index (χ1v) is 7.36. The molecule has 0 aromatic rings. The number of thioether (sulfide) groups is 1. The minimum atomic E-state index is 0.496. The molecule has 2 aliphatic rings. The molecule has 2 atom stereocenters. The molecule has 1 heteroatoms. The maximum atomic E-state index is 2.59. The second-order valence-electron chi connectivity index (χ2n) is 5.93. The molecular formula is C14H24S. The van der Waals surface area contributed by atoms with Crippen LogP contribution in [0.1, 0.15) is 53.4 Å². The molecule has 15 heavy (non-hydrogen) atoms. The SMILES string of the molecule is CCCCSC1=CC2CC[C@]1(C)C2(C)C. The normalized spacial score (nSPS) is 37.1. The van der Waals surface area contributed by atoms with Crippen molar-refractivity contribution in [3.63, 3.8) is 0 Å². The lowest BCUT2D eigenvalue weighted by Gasteiger charge is -2.37. The van der Waals surface area contributed by atoms with Crippen LogP contribution >= 0.6 is 11.8 Å². The van der Waals surface area contributed by atoms with Gasteiger partial charge < -0.3 is 0 Å². The number of allylic oxidation sites excluding steroid dienone is 2. The van der Waals surface area contributed by atoms with Crippen molar-refractivity contribution in [1.29, 1.82) is 0 Å². The highest BCUT2D eigenvalue weighted by Gasteiger charge is 2.56. The summed E-state index contributed by atoms with van der Waals surface area (Å²) in [7, 11) is 0. The van der Waals surface area contributed by atoms with E-state index >= 15 is 0 Å². The van der Waals surface area contributed by atoms with E-state index in [0.29, 0.717) is 10.8 Å². The first-order chi connectivity index (χ1) is 7.02. The molecule has 0 radical (unpaired) electrons. The van der Waals surface area contributed by atoms with Crippen LogP contribution in [0.4, 0.5) is 0 Å². The van der Waals surface area contributed by atoms with Gasteiger partial charge in [0, 0.05) is 5.41 Å². The summed E-state index contributed by atoms with van der Waals surface area (Å²) < 4.78 is 0. The maximum Gasteiger partial charge on any atom is 0.00384 e. The third kappa shape index (κ3) is 1.58. The summed E-state index contributed by atoms with van der Waals surface area (Å²) in [4.78, 5) is 1.71. The first kappa shape index (κ1) is 11.6. The second kappa shape index (κ2) is 3.84. The van der Waals surface area contributed by atoms with Crippen molar-refractivity contribution in [3.05, 3.63) is 11.0 Å². The van der Waals surface area contributed by atoms with Crippen molar-refractivity contribution in [2.45, 2.75) is 53.4 Å². The predicted molar refractivity (Wildman–Crippen MR) is 70.1 cm³/mol.